The fourth-order valence-electron chi connectivity index (χ4n) is 3.38. The molecule has 0 bridgehead atoms. The van der Waals surface area contributed by atoms with Gasteiger partial charge in [-0.3, -0.25) is 0 Å². The zero-order valence-corrected chi connectivity index (χ0v) is 10.8. The maximum atomic E-state index is 9.42. The molecule has 3 unspecified atom stereocenters. The fourth-order valence-corrected chi connectivity index (χ4v) is 3.38. The Morgan fingerprint density at radius 1 is 1.31 bits per heavy atom. The van der Waals surface area contributed by atoms with Gasteiger partial charge in [0.05, 0.1) is 23.2 Å². The summed E-state index contributed by atoms with van der Waals surface area (Å²) in [6, 6.07) is 2.58. The van der Waals surface area contributed by atoms with E-state index in [-0.39, 0.29) is 11.0 Å². The third-order valence-corrected chi connectivity index (χ3v) is 4.26. The molecule has 0 amide bonds. The van der Waals surface area contributed by atoms with E-state index in [2.05, 4.69) is 26.8 Å². The number of nitrogens with zero attached hydrogens (tertiary/aromatic N) is 1. The highest BCUT2D eigenvalue weighted by Crippen LogP contribution is 2.47. The van der Waals surface area contributed by atoms with Crippen molar-refractivity contribution in [2.75, 3.05) is 0 Å². The smallest absolute Gasteiger partial charge is 0.0690 e. The van der Waals surface area contributed by atoms with Crippen molar-refractivity contribution in [2.24, 2.45) is 11.3 Å². The van der Waals surface area contributed by atoms with Crippen LogP contribution < -0.4 is 0 Å². The van der Waals surface area contributed by atoms with Gasteiger partial charge in [-0.05, 0) is 58.3 Å². The van der Waals surface area contributed by atoms with Gasteiger partial charge in [0.15, 0.2) is 0 Å². The maximum Gasteiger partial charge on any atom is 0.0690 e. The Morgan fingerprint density at radius 2 is 2.06 bits per heavy atom. The normalized spacial score (nSPS) is 42.1. The molecule has 0 N–H and O–H groups in total. The summed E-state index contributed by atoms with van der Waals surface area (Å²) < 4.78 is 6.02. The van der Waals surface area contributed by atoms with Gasteiger partial charge in [0.25, 0.3) is 0 Å². The molecule has 0 spiro atoms. The van der Waals surface area contributed by atoms with E-state index >= 15 is 0 Å². The Hall–Kier alpha value is -0.550. The lowest BCUT2D eigenvalue weighted by Gasteiger charge is -2.26. The lowest BCUT2D eigenvalue weighted by molar-refractivity contribution is -0.0296. The first-order chi connectivity index (χ1) is 7.45. The molecule has 0 aromatic rings. The van der Waals surface area contributed by atoms with E-state index in [4.69, 9.17) is 4.74 Å². The van der Waals surface area contributed by atoms with E-state index < -0.39 is 0 Å². The lowest BCUT2D eigenvalue weighted by atomic mass is 9.81. The van der Waals surface area contributed by atoms with Crippen LogP contribution in [-0.2, 0) is 4.74 Å². The molecule has 16 heavy (non-hydrogen) atoms. The van der Waals surface area contributed by atoms with Crippen LogP contribution in [0.5, 0.6) is 0 Å². The van der Waals surface area contributed by atoms with Gasteiger partial charge >= 0.3 is 0 Å². The molecule has 2 heteroatoms. The summed E-state index contributed by atoms with van der Waals surface area (Å²) >= 11 is 0. The van der Waals surface area contributed by atoms with Gasteiger partial charge < -0.3 is 4.74 Å². The van der Waals surface area contributed by atoms with Crippen molar-refractivity contribution >= 4 is 0 Å². The molecule has 1 heterocycles. The van der Waals surface area contributed by atoms with E-state index in [0.29, 0.717) is 12.0 Å². The molecule has 0 aromatic carbocycles. The molecule has 2 nitrogen and oxygen atoms in total. The highest BCUT2D eigenvalue weighted by molar-refractivity contribution is 5.05. The van der Waals surface area contributed by atoms with Crippen LogP contribution in [0.4, 0.5) is 0 Å². The Labute approximate surface area is 99.0 Å². The second-order valence-electron chi connectivity index (χ2n) is 6.48. The summed E-state index contributed by atoms with van der Waals surface area (Å²) in [6.45, 7) is 6.57. The van der Waals surface area contributed by atoms with Crippen LogP contribution in [0.15, 0.2) is 0 Å². The summed E-state index contributed by atoms with van der Waals surface area (Å²) in [5, 5.41) is 9.42. The molecule has 1 aliphatic heterocycles. The third-order valence-electron chi connectivity index (χ3n) is 4.26. The van der Waals surface area contributed by atoms with Crippen LogP contribution in [0.25, 0.3) is 0 Å². The molecule has 0 aromatic heterocycles. The average Bonchev–Trinajstić information content (AvgIpc) is 2.72. The topological polar surface area (TPSA) is 33.0 Å². The number of hydrogen-bond donors (Lipinski definition) is 0. The van der Waals surface area contributed by atoms with Gasteiger partial charge in [-0.25, -0.2) is 0 Å². The summed E-state index contributed by atoms with van der Waals surface area (Å²) in [4.78, 5) is 0. The Kier molecular flexibility index (Phi) is 3.01. The largest absolute Gasteiger partial charge is 0.372 e. The van der Waals surface area contributed by atoms with Crippen LogP contribution in [0.2, 0.25) is 0 Å². The number of nitriles is 1. The summed E-state index contributed by atoms with van der Waals surface area (Å²) in [5.41, 5.74) is -0.0456. The van der Waals surface area contributed by atoms with Crippen molar-refractivity contribution in [2.45, 2.75) is 71.0 Å². The minimum Gasteiger partial charge on any atom is -0.372 e. The second-order valence-corrected chi connectivity index (χ2v) is 6.48. The van der Waals surface area contributed by atoms with E-state index in [0.717, 1.165) is 32.1 Å². The van der Waals surface area contributed by atoms with Crippen LogP contribution in [0, 0.1) is 22.7 Å². The van der Waals surface area contributed by atoms with E-state index in [1.807, 2.05) is 0 Å². The predicted octanol–water partition coefficient (Wildman–Crippen LogP) is 3.66. The quantitative estimate of drug-likeness (QED) is 0.713. The molecule has 2 rings (SSSR count). The zero-order valence-electron chi connectivity index (χ0n) is 10.8. The Bertz CT molecular complexity index is 304. The molecule has 1 aliphatic carbocycles. The van der Waals surface area contributed by atoms with Crippen molar-refractivity contribution < 1.29 is 4.74 Å². The second kappa shape index (κ2) is 4.04. The van der Waals surface area contributed by atoms with Crippen LogP contribution >= 0.6 is 0 Å². The molecule has 0 radical (unpaired) electrons. The molecular weight excluding hydrogens is 198 g/mol. The van der Waals surface area contributed by atoms with Gasteiger partial charge in [0, 0.05) is 0 Å². The van der Waals surface area contributed by atoms with E-state index in [1.165, 1.54) is 6.42 Å². The third kappa shape index (κ3) is 2.40. The van der Waals surface area contributed by atoms with Gasteiger partial charge in [-0.15, -0.1) is 0 Å². The monoisotopic (exact) mass is 221 g/mol. The van der Waals surface area contributed by atoms with Gasteiger partial charge in [0.1, 0.15) is 0 Å². The van der Waals surface area contributed by atoms with Crippen molar-refractivity contribution in [3.63, 3.8) is 0 Å². The Morgan fingerprint density at radius 3 is 2.50 bits per heavy atom. The molecule has 2 fully saturated rings. The maximum absolute atomic E-state index is 9.42. The zero-order chi connectivity index (χ0) is 11.8. The lowest BCUT2D eigenvalue weighted by Crippen LogP contribution is -2.25. The van der Waals surface area contributed by atoms with Gasteiger partial charge in [-0.2, -0.15) is 5.26 Å². The van der Waals surface area contributed by atoms with Crippen molar-refractivity contribution in [1.82, 2.24) is 0 Å². The van der Waals surface area contributed by atoms with Crippen LogP contribution in [0.3, 0.4) is 0 Å². The first-order valence-corrected chi connectivity index (χ1v) is 6.54. The summed E-state index contributed by atoms with van der Waals surface area (Å²) in [7, 11) is 0. The molecular formula is C14H23NO. The Balaban J connectivity index is 1.96. The standard InChI is InChI=1S/C14H23NO/c1-11-4-7-14(8-11,10-15)9-12-5-6-13(2,3)16-12/h11-12H,4-9H2,1-3H3. The highest BCUT2D eigenvalue weighted by Gasteiger charge is 2.42. The SMILES string of the molecule is CC1CCC(C#N)(CC2CCC(C)(C)O2)C1. The van der Waals surface area contributed by atoms with Crippen LogP contribution in [-0.4, -0.2) is 11.7 Å². The van der Waals surface area contributed by atoms with Crippen molar-refractivity contribution in [3.8, 4) is 6.07 Å². The molecule has 1 saturated heterocycles. The molecule has 1 saturated carbocycles. The first kappa shape index (κ1) is 11.9. The van der Waals surface area contributed by atoms with Gasteiger partial charge in [-0.1, -0.05) is 6.92 Å². The molecule has 3 atom stereocenters. The van der Waals surface area contributed by atoms with E-state index in [9.17, 15) is 5.26 Å². The minimum atomic E-state index is -0.0789. The molecule has 90 valence electrons. The first-order valence-electron chi connectivity index (χ1n) is 6.54. The summed E-state index contributed by atoms with van der Waals surface area (Å²) in [6.07, 6.45) is 6.90. The average molecular weight is 221 g/mol. The highest BCUT2D eigenvalue weighted by atomic mass is 16.5. The minimum absolute atomic E-state index is 0.0333. The number of rotatable bonds is 2. The number of ether oxygens (including phenoxy) is 1. The van der Waals surface area contributed by atoms with Crippen LogP contribution in [0.1, 0.15) is 59.3 Å². The molecule has 2 aliphatic rings. The van der Waals surface area contributed by atoms with Crippen molar-refractivity contribution in [1.29, 1.82) is 5.26 Å². The van der Waals surface area contributed by atoms with Gasteiger partial charge in [0.2, 0.25) is 0 Å². The predicted molar refractivity (Wildman–Crippen MR) is 63.9 cm³/mol. The number of hydrogen-bond acceptors (Lipinski definition) is 2. The summed E-state index contributed by atoms with van der Waals surface area (Å²) in [5.74, 6) is 0.717. The van der Waals surface area contributed by atoms with Crippen molar-refractivity contribution in [3.05, 3.63) is 0 Å². The fraction of sp³-hybridized carbons (Fsp3) is 0.929. The van der Waals surface area contributed by atoms with E-state index in [1.54, 1.807) is 0 Å².